The van der Waals surface area contributed by atoms with E-state index in [9.17, 15) is 13.2 Å². The van der Waals surface area contributed by atoms with Gasteiger partial charge in [-0.3, -0.25) is 9.36 Å². The molecule has 0 fully saturated rings. The van der Waals surface area contributed by atoms with E-state index in [2.05, 4.69) is 4.98 Å². The van der Waals surface area contributed by atoms with Gasteiger partial charge < -0.3 is 0 Å². The number of sulfone groups is 1. The van der Waals surface area contributed by atoms with Crippen LogP contribution in [0.1, 0.15) is 6.92 Å². The Morgan fingerprint density at radius 3 is 2.42 bits per heavy atom. The predicted octanol–water partition coefficient (Wildman–Crippen LogP) is 3.05. The van der Waals surface area contributed by atoms with Crippen LogP contribution in [-0.2, 0) is 16.9 Å². The fraction of sp³-hybridized carbons (Fsp3) is 0.176. The molecular formula is C17H15ClN2O3S. The van der Waals surface area contributed by atoms with Crippen LogP contribution in [0.5, 0.6) is 0 Å². The van der Waals surface area contributed by atoms with Crippen molar-refractivity contribution in [3.63, 3.8) is 0 Å². The number of aromatic nitrogens is 2. The Labute approximate surface area is 144 Å². The molecule has 0 saturated heterocycles. The molecule has 7 heteroatoms. The van der Waals surface area contributed by atoms with Gasteiger partial charge in [-0.1, -0.05) is 18.5 Å². The fourth-order valence-electron chi connectivity index (χ4n) is 2.48. The molecule has 3 rings (SSSR count). The zero-order valence-corrected chi connectivity index (χ0v) is 14.7. The number of hydrogen-bond donors (Lipinski definition) is 0. The molecule has 0 saturated carbocycles. The largest absolute Gasteiger partial charge is 0.295 e. The van der Waals surface area contributed by atoms with E-state index >= 15 is 0 Å². The molecule has 0 spiro atoms. The average molecular weight is 363 g/mol. The summed E-state index contributed by atoms with van der Waals surface area (Å²) in [5, 5.41) is 0.981. The first-order valence-electron chi connectivity index (χ1n) is 7.33. The van der Waals surface area contributed by atoms with Crippen LogP contribution in [0.3, 0.4) is 0 Å². The third-order valence-electron chi connectivity index (χ3n) is 3.89. The van der Waals surface area contributed by atoms with Crippen molar-refractivity contribution in [1.82, 2.24) is 9.55 Å². The van der Waals surface area contributed by atoms with Crippen molar-refractivity contribution in [2.75, 3.05) is 5.75 Å². The van der Waals surface area contributed by atoms with E-state index < -0.39 is 9.84 Å². The highest BCUT2D eigenvalue weighted by Gasteiger charge is 2.14. The van der Waals surface area contributed by atoms with Gasteiger partial charge in [-0.25, -0.2) is 13.4 Å². The Hall–Kier alpha value is -2.18. The van der Waals surface area contributed by atoms with Crippen LogP contribution in [-0.4, -0.2) is 23.7 Å². The van der Waals surface area contributed by atoms with Gasteiger partial charge in [0.25, 0.3) is 5.56 Å². The Morgan fingerprint density at radius 2 is 1.79 bits per heavy atom. The molecule has 5 nitrogen and oxygen atoms in total. The summed E-state index contributed by atoms with van der Waals surface area (Å²) in [7, 11) is -1.63. The summed E-state index contributed by atoms with van der Waals surface area (Å²) in [6, 6.07) is 11.3. The van der Waals surface area contributed by atoms with E-state index in [4.69, 9.17) is 11.6 Å². The lowest BCUT2D eigenvalue weighted by Crippen LogP contribution is -2.20. The quantitative estimate of drug-likeness (QED) is 0.718. The van der Waals surface area contributed by atoms with Crippen LogP contribution in [0.25, 0.3) is 22.3 Å². The second-order valence-electron chi connectivity index (χ2n) is 5.39. The lowest BCUT2D eigenvalue weighted by molar-refractivity contribution is 0.597. The van der Waals surface area contributed by atoms with Gasteiger partial charge in [0, 0.05) is 17.6 Å². The second kappa shape index (κ2) is 6.03. The van der Waals surface area contributed by atoms with Gasteiger partial charge in [0.15, 0.2) is 9.84 Å². The maximum atomic E-state index is 12.5. The molecule has 1 heterocycles. The molecule has 0 unspecified atom stereocenters. The maximum absolute atomic E-state index is 12.5. The van der Waals surface area contributed by atoms with Crippen molar-refractivity contribution in [2.45, 2.75) is 11.8 Å². The van der Waals surface area contributed by atoms with E-state index in [1.165, 1.54) is 16.7 Å². The van der Waals surface area contributed by atoms with Gasteiger partial charge in [-0.2, -0.15) is 0 Å². The molecule has 0 aliphatic carbocycles. The Kier molecular flexibility index (Phi) is 4.19. The van der Waals surface area contributed by atoms with Crippen molar-refractivity contribution in [2.24, 2.45) is 7.05 Å². The number of rotatable bonds is 3. The minimum absolute atomic E-state index is 0.0392. The van der Waals surface area contributed by atoms with Crippen LogP contribution in [0.4, 0.5) is 0 Å². The van der Waals surface area contributed by atoms with Gasteiger partial charge in [-0.05, 0) is 42.5 Å². The Morgan fingerprint density at radius 1 is 1.12 bits per heavy atom. The first-order valence-corrected chi connectivity index (χ1v) is 9.36. The molecule has 3 aromatic rings. The normalized spacial score (nSPS) is 11.8. The zero-order valence-electron chi connectivity index (χ0n) is 13.2. The van der Waals surface area contributed by atoms with Crippen LogP contribution in [0.15, 0.2) is 52.2 Å². The highest BCUT2D eigenvalue weighted by Crippen LogP contribution is 2.22. The van der Waals surface area contributed by atoms with Crippen molar-refractivity contribution in [3.8, 4) is 11.4 Å². The van der Waals surface area contributed by atoms with E-state index in [-0.39, 0.29) is 16.2 Å². The first kappa shape index (κ1) is 16.7. The van der Waals surface area contributed by atoms with Crippen molar-refractivity contribution in [3.05, 3.63) is 57.8 Å². The summed E-state index contributed by atoms with van der Waals surface area (Å²) in [6.07, 6.45) is 0. The maximum Gasteiger partial charge on any atom is 0.261 e. The molecule has 0 amide bonds. The Balaban J connectivity index is 2.19. The van der Waals surface area contributed by atoms with Crippen LogP contribution in [0.2, 0.25) is 5.02 Å². The molecule has 0 bridgehead atoms. The number of benzene rings is 2. The molecule has 0 radical (unpaired) electrons. The molecular weight excluding hydrogens is 348 g/mol. The average Bonchev–Trinajstić information content (AvgIpc) is 2.58. The molecule has 0 atom stereocenters. The number of hydrogen-bond acceptors (Lipinski definition) is 4. The number of halogens is 1. The van der Waals surface area contributed by atoms with E-state index in [1.54, 1.807) is 44.3 Å². The van der Waals surface area contributed by atoms with E-state index in [0.29, 0.717) is 27.3 Å². The lowest BCUT2D eigenvalue weighted by Gasteiger charge is -2.10. The standard InChI is InChI=1S/C17H15ClN2O3S/c1-3-24(22,23)13-7-4-11(5-8-13)16-19-15-10-12(18)6-9-14(15)17(21)20(16)2/h4-10H,3H2,1-2H3. The number of nitrogens with zero attached hydrogens (tertiary/aromatic N) is 2. The molecule has 0 aliphatic rings. The van der Waals surface area contributed by atoms with Crippen LogP contribution in [0, 0.1) is 0 Å². The third-order valence-corrected chi connectivity index (χ3v) is 5.88. The molecule has 0 aliphatic heterocycles. The third kappa shape index (κ3) is 2.83. The van der Waals surface area contributed by atoms with Gasteiger partial charge >= 0.3 is 0 Å². The smallest absolute Gasteiger partial charge is 0.261 e. The van der Waals surface area contributed by atoms with Crippen LogP contribution < -0.4 is 5.56 Å². The molecule has 1 aromatic heterocycles. The molecule has 2 aromatic carbocycles. The van der Waals surface area contributed by atoms with Crippen LogP contribution >= 0.6 is 11.6 Å². The summed E-state index contributed by atoms with van der Waals surface area (Å²) in [5.41, 5.74) is 0.981. The number of fused-ring (bicyclic) bond motifs is 1. The van der Waals surface area contributed by atoms with Crippen molar-refractivity contribution in [1.29, 1.82) is 0 Å². The molecule has 24 heavy (non-hydrogen) atoms. The highest BCUT2D eigenvalue weighted by molar-refractivity contribution is 7.91. The van der Waals surface area contributed by atoms with E-state index in [0.717, 1.165) is 0 Å². The SMILES string of the molecule is CCS(=O)(=O)c1ccc(-c2nc3cc(Cl)ccc3c(=O)n2C)cc1. The minimum atomic E-state index is -3.26. The minimum Gasteiger partial charge on any atom is -0.295 e. The highest BCUT2D eigenvalue weighted by atomic mass is 35.5. The zero-order chi connectivity index (χ0) is 17.5. The first-order chi connectivity index (χ1) is 11.3. The van der Waals surface area contributed by atoms with Gasteiger partial charge in [0.05, 0.1) is 21.6 Å². The monoisotopic (exact) mass is 362 g/mol. The fourth-order valence-corrected chi connectivity index (χ4v) is 3.53. The summed E-state index contributed by atoms with van der Waals surface area (Å²) in [6.45, 7) is 1.60. The second-order valence-corrected chi connectivity index (χ2v) is 8.10. The summed E-state index contributed by atoms with van der Waals surface area (Å²) >= 11 is 5.98. The summed E-state index contributed by atoms with van der Waals surface area (Å²) in [5.74, 6) is 0.493. The molecule has 0 N–H and O–H groups in total. The van der Waals surface area contributed by atoms with E-state index in [1.807, 2.05) is 0 Å². The van der Waals surface area contributed by atoms with Crippen molar-refractivity contribution >= 4 is 32.3 Å². The van der Waals surface area contributed by atoms with Gasteiger partial charge in [0.2, 0.25) is 0 Å². The predicted molar refractivity (Wildman–Crippen MR) is 95.2 cm³/mol. The Bertz CT molecular complexity index is 1090. The summed E-state index contributed by atoms with van der Waals surface area (Å²) < 4.78 is 25.2. The van der Waals surface area contributed by atoms with Crippen molar-refractivity contribution < 1.29 is 8.42 Å². The van der Waals surface area contributed by atoms with Gasteiger partial charge in [0.1, 0.15) is 5.82 Å². The lowest BCUT2D eigenvalue weighted by atomic mass is 10.2. The van der Waals surface area contributed by atoms with Gasteiger partial charge in [-0.15, -0.1) is 0 Å². The topological polar surface area (TPSA) is 69.0 Å². The summed E-state index contributed by atoms with van der Waals surface area (Å²) in [4.78, 5) is 17.3. The molecule has 124 valence electrons.